The standard InChI is InChI=1S/C32H24N4O6S2/c1-40-26-12-7-13-27(41-2)28(26)30(37)36-44(38,39)24-11-6-10-23(18-24)31-34-29(35-42-31)21-16-14-20(15-17-21)25-19-43-32(33-25)22-8-4-3-5-9-22/h3-19H,1-2H3,(H,36,37). The zero-order valence-electron chi connectivity index (χ0n) is 23.4. The van der Waals surface area contributed by atoms with Gasteiger partial charge in [0.15, 0.2) is 0 Å². The molecule has 1 N–H and O–H groups in total. The Kier molecular flexibility index (Phi) is 7.92. The number of hydrogen-bond acceptors (Lipinski definition) is 10. The van der Waals surface area contributed by atoms with E-state index in [1.54, 1.807) is 23.5 Å². The van der Waals surface area contributed by atoms with Crippen LogP contribution in [0, 0.1) is 0 Å². The van der Waals surface area contributed by atoms with E-state index in [0.29, 0.717) is 17.0 Å². The molecule has 220 valence electrons. The second-order valence-electron chi connectivity index (χ2n) is 9.40. The number of nitrogens with zero attached hydrogens (tertiary/aromatic N) is 3. The highest BCUT2D eigenvalue weighted by Crippen LogP contribution is 2.31. The maximum Gasteiger partial charge on any atom is 0.272 e. The number of carbonyl (C=O) groups is 1. The molecule has 44 heavy (non-hydrogen) atoms. The molecule has 6 rings (SSSR count). The third-order valence-electron chi connectivity index (χ3n) is 6.66. The highest BCUT2D eigenvalue weighted by atomic mass is 32.2. The van der Waals surface area contributed by atoms with Crippen molar-refractivity contribution in [1.82, 2.24) is 19.8 Å². The second kappa shape index (κ2) is 12.1. The Bertz CT molecular complexity index is 2030. The zero-order chi connectivity index (χ0) is 30.7. The van der Waals surface area contributed by atoms with Crippen LogP contribution in [0.1, 0.15) is 10.4 Å². The minimum Gasteiger partial charge on any atom is -0.496 e. The number of aromatic nitrogens is 3. The lowest BCUT2D eigenvalue weighted by Gasteiger charge is -2.13. The summed E-state index contributed by atoms with van der Waals surface area (Å²) in [4.78, 5) is 22.1. The third-order valence-corrected chi connectivity index (χ3v) is 8.88. The van der Waals surface area contributed by atoms with Crippen LogP contribution in [0.5, 0.6) is 11.5 Å². The number of sulfonamides is 1. The van der Waals surface area contributed by atoms with E-state index >= 15 is 0 Å². The Hall–Kier alpha value is -5.33. The molecule has 0 fully saturated rings. The normalized spacial score (nSPS) is 11.2. The Balaban J connectivity index is 1.20. The van der Waals surface area contributed by atoms with Crippen molar-refractivity contribution in [3.8, 4) is 56.2 Å². The predicted octanol–water partition coefficient (Wildman–Crippen LogP) is 6.33. The lowest BCUT2D eigenvalue weighted by molar-refractivity contribution is 0.0975. The van der Waals surface area contributed by atoms with E-state index in [4.69, 9.17) is 19.0 Å². The van der Waals surface area contributed by atoms with E-state index in [9.17, 15) is 13.2 Å². The number of nitrogens with one attached hydrogen (secondary N) is 1. The van der Waals surface area contributed by atoms with Gasteiger partial charge in [0.2, 0.25) is 5.82 Å². The average molecular weight is 625 g/mol. The van der Waals surface area contributed by atoms with Gasteiger partial charge in [0, 0.05) is 27.6 Å². The lowest BCUT2D eigenvalue weighted by Crippen LogP contribution is -2.31. The Morgan fingerprint density at radius 2 is 1.43 bits per heavy atom. The molecule has 0 saturated carbocycles. The first-order valence-electron chi connectivity index (χ1n) is 13.2. The highest BCUT2D eigenvalue weighted by molar-refractivity contribution is 7.90. The fraction of sp³-hybridized carbons (Fsp3) is 0.0625. The summed E-state index contributed by atoms with van der Waals surface area (Å²) in [6.45, 7) is 0. The van der Waals surface area contributed by atoms with Gasteiger partial charge in [-0.3, -0.25) is 4.79 Å². The summed E-state index contributed by atoms with van der Waals surface area (Å²) < 4.78 is 44.3. The molecule has 4 aromatic carbocycles. The molecule has 10 nitrogen and oxygen atoms in total. The monoisotopic (exact) mass is 624 g/mol. The highest BCUT2D eigenvalue weighted by Gasteiger charge is 2.25. The van der Waals surface area contributed by atoms with E-state index in [-0.39, 0.29) is 27.8 Å². The van der Waals surface area contributed by atoms with Crippen LogP contribution < -0.4 is 14.2 Å². The molecular weight excluding hydrogens is 601 g/mol. The summed E-state index contributed by atoms with van der Waals surface area (Å²) in [5.41, 5.74) is 3.91. The maximum atomic E-state index is 13.2. The number of hydrogen-bond donors (Lipinski definition) is 1. The number of benzene rings is 4. The topological polar surface area (TPSA) is 134 Å². The van der Waals surface area contributed by atoms with Gasteiger partial charge < -0.3 is 14.0 Å². The van der Waals surface area contributed by atoms with Crippen LogP contribution in [0.4, 0.5) is 0 Å². The summed E-state index contributed by atoms with van der Waals surface area (Å²) >= 11 is 1.58. The summed E-state index contributed by atoms with van der Waals surface area (Å²) in [5, 5.41) is 7.04. The van der Waals surface area contributed by atoms with Crippen LogP contribution in [0.3, 0.4) is 0 Å². The van der Waals surface area contributed by atoms with Crippen molar-refractivity contribution in [2.24, 2.45) is 0 Å². The van der Waals surface area contributed by atoms with Crippen LogP contribution in [-0.4, -0.2) is 43.7 Å². The molecule has 0 aliphatic rings. The molecule has 0 spiro atoms. The third kappa shape index (κ3) is 5.80. The maximum absolute atomic E-state index is 13.2. The molecule has 12 heteroatoms. The van der Waals surface area contributed by atoms with Gasteiger partial charge >= 0.3 is 0 Å². The molecule has 1 amide bonds. The SMILES string of the molecule is COc1cccc(OC)c1C(=O)NS(=O)(=O)c1cccc(-c2nc(-c3ccc(-c4csc(-c5ccccc5)n4)cc3)no2)c1. The van der Waals surface area contributed by atoms with E-state index in [1.807, 2.05) is 60.0 Å². The summed E-state index contributed by atoms with van der Waals surface area (Å²) in [6.07, 6.45) is 0. The molecule has 0 saturated heterocycles. The van der Waals surface area contributed by atoms with Gasteiger partial charge in [-0.05, 0) is 30.3 Å². The Morgan fingerprint density at radius 1 is 0.773 bits per heavy atom. The van der Waals surface area contributed by atoms with Crippen molar-refractivity contribution in [2.45, 2.75) is 4.90 Å². The molecule has 2 heterocycles. The van der Waals surface area contributed by atoms with Crippen molar-refractivity contribution in [2.75, 3.05) is 14.2 Å². The average Bonchev–Trinajstić information content (AvgIpc) is 3.76. The number of rotatable bonds is 9. The molecule has 2 aromatic heterocycles. The molecule has 0 radical (unpaired) electrons. The number of ether oxygens (including phenoxy) is 2. The minimum atomic E-state index is -4.29. The molecule has 6 aromatic rings. The Morgan fingerprint density at radius 3 is 2.14 bits per heavy atom. The van der Waals surface area contributed by atoms with Gasteiger partial charge in [-0.15, -0.1) is 11.3 Å². The number of carbonyl (C=O) groups excluding carboxylic acids is 1. The van der Waals surface area contributed by atoms with Crippen LogP contribution in [-0.2, 0) is 10.0 Å². The first-order valence-corrected chi connectivity index (χ1v) is 15.6. The van der Waals surface area contributed by atoms with Gasteiger partial charge in [-0.1, -0.05) is 71.9 Å². The second-order valence-corrected chi connectivity index (χ2v) is 11.9. The van der Waals surface area contributed by atoms with Crippen molar-refractivity contribution in [1.29, 1.82) is 0 Å². The first-order chi connectivity index (χ1) is 21.4. The molecule has 0 unspecified atom stereocenters. The van der Waals surface area contributed by atoms with E-state index in [2.05, 4.69) is 14.9 Å². The number of thiazole rings is 1. The molecule has 0 aliphatic heterocycles. The number of amides is 1. The minimum absolute atomic E-state index is 0.0452. The van der Waals surface area contributed by atoms with Crippen LogP contribution in [0.15, 0.2) is 112 Å². The van der Waals surface area contributed by atoms with E-state index in [0.717, 1.165) is 21.8 Å². The van der Waals surface area contributed by atoms with E-state index in [1.165, 1.54) is 44.6 Å². The fourth-order valence-electron chi connectivity index (χ4n) is 4.47. The quantitative estimate of drug-likeness (QED) is 0.196. The molecule has 0 bridgehead atoms. The van der Waals surface area contributed by atoms with Crippen LogP contribution in [0.2, 0.25) is 0 Å². The Labute approximate surface area is 257 Å². The van der Waals surface area contributed by atoms with E-state index < -0.39 is 15.9 Å². The van der Waals surface area contributed by atoms with Crippen molar-refractivity contribution >= 4 is 27.3 Å². The van der Waals surface area contributed by atoms with Gasteiger partial charge in [-0.2, -0.15) is 4.98 Å². The predicted molar refractivity (Wildman–Crippen MR) is 166 cm³/mol. The first kappa shape index (κ1) is 28.8. The van der Waals surface area contributed by atoms with Crippen molar-refractivity contribution in [3.63, 3.8) is 0 Å². The van der Waals surface area contributed by atoms with Crippen molar-refractivity contribution < 1.29 is 27.2 Å². The molecule has 0 atom stereocenters. The summed E-state index contributed by atoms with van der Waals surface area (Å²) in [6, 6.07) is 28.2. The molecular formula is C32H24N4O6S2. The van der Waals surface area contributed by atoms with Crippen LogP contribution in [0.25, 0.3) is 44.7 Å². The largest absolute Gasteiger partial charge is 0.496 e. The summed E-state index contributed by atoms with van der Waals surface area (Å²) in [5.74, 6) is -0.117. The van der Waals surface area contributed by atoms with Gasteiger partial charge in [0.05, 0.1) is 24.8 Å². The smallest absolute Gasteiger partial charge is 0.272 e. The lowest BCUT2D eigenvalue weighted by atomic mass is 10.1. The fourth-order valence-corrected chi connectivity index (χ4v) is 6.31. The van der Waals surface area contributed by atoms with Crippen LogP contribution >= 0.6 is 11.3 Å². The van der Waals surface area contributed by atoms with Gasteiger partial charge in [0.25, 0.3) is 21.8 Å². The molecule has 0 aliphatic carbocycles. The summed E-state index contributed by atoms with van der Waals surface area (Å²) in [7, 11) is -1.54. The van der Waals surface area contributed by atoms with Gasteiger partial charge in [0.1, 0.15) is 22.1 Å². The van der Waals surface area contributed by atoms with Gasteiger partial charge in [-0.25, -0.2) is 18.1 Å². The van der Waals surface area contributed by atoms with Crippen molar-refractivity contribution in [3.05, 3.63) is 108 Å². The number of methoxy groups -OCH3 is 2. The zero-order valence-corrected chi connectivity index (χ0v) is 25.1.